The highest BCUT2D eigenvalue weighted by molar-refractivity contribution is 14.0. The summed E-state index contributed by atoms with van der Waals surface area (Å²) < 4.78 is 13.5. The van der Waals surface area contributed by atoms with Gasteiger partial charge in [-0.1, -0.05) is 30.3 Å². The molecule has 170 valence electrons. The number of aryl methyl sites for hydroxylation is 1. The number of guanidine groups is 1. The predicted molar refractivity (Wildman–Crippen MR) is 136 cm³/mol. The smallest absolute Gasteiger partial charge is 0.196 e. The van der Waals surface area contributed by atoms with Gasteiger partial charge in [0.25, 0.3) is 0 Å². The molecule has 8 nitrogen and oxygen atoms in total. The summed E-state index contributed by atoms with van der Waals surface area (Å²) in [5.41, 5.74) is 2.04. The minimum atomic E-state index is 0. The molecule has 0 amide bonds. The molecular formula is C23H29IN6O2. The first-order valence-electron chi connectivity index (χ1n) is 10.5. The number of hydrogen-bond acceptors (Lipinski definition) is 5. The third kappa shape index (κ3) is 5.90. The molecule has 0 radical (unpaired) electrons. The summed E-state index contributed by atoms with van der Waals surface area (Å²) in [6.07, 6.45) is 0.872. The van der Waals surface area contributed by atoms with E-state index in [1.165, 1.54) is 5.56 Å². The Morgan fingerprint density at radius 3 is 2.56 bits per heavy atom. The minimum Gasteiger partial charge on any atom is -0.490 e. The van der Waals surface area contributed by atoms with Crippen molar-refractivity contribution in [3.05, 3.63) is 65.7 Å². The summed E-state index contributed by atoms with van der Waals surface area (Å²) in [6.45, 7) is 5.74. The van der Waals surface area contributed by atoms with Crippen LogP contribution in [-0.2, 0) is 13.6 Å². The fraction of sp³-hybridized carbons (Fsp3) is 0.348. The number of anilines is 1. The van der Waals surface area contributed by atoms with E-state index in [0.717, 1.165) is 35.3 Å². The van der Waals surface area contributed by atoms with Gasteiger partial charge in [0.1, 0.15) is 12.4 Å². The van der Waals surface area contributed by atoms with Gasteiger partial charge in [0.2, 0.25) is 0 Å². The van der Waals surface area contributed by atoms with Crippen LogP contribution in [0.2, 0.25) is 0 Å². The van der Waals surface area contributed by atoms with Gasteiger partial charge in [-0.15, -0.1) is 34.2 Å². The van der Waals surface area contributed by atoms with Crippen molar-refractivity contribution in [1.29, 1.82) is 0 Å². The van der Waals surface area contributed by atoms with Gasteiger partial charge in [-0.3, -0.25) is 0 Å². The lowest BCUT2D eigenvalue weighted by Crippen LogP contribution is -2.33. The maximum atomic E-state index is 5.82. The number of fused-ring (bicyclic) bond motifs is 1. The number of nitrogens with one attached hydrogen (secondary N) is 2. The molecule has 9 heteroatoms. The number of halogens is 1. The van der Waals surface area contributed by atoms with Crippen LogP contribution >= 0.6 is 24.0 Å². The lowest BCUT2D eigenvalue weighted by Gasteiger charge is -2.19. The fourth-order valence-electron chi connectivity index (χ4n) is 3.27. The van der Waals surface area contributed by atoms with Gasteiger partial charge >= 0.3 is 0 Å². The monoisotopic (exact) mass is 548 g/mol. The van der Waals surface area contributed by atoms with Gasteiger partial charge in [-0.25, -0.2) is 4.99 Å². The van der Waals surface area contributed by atoms with Gasteiger partial charge in [0.05, 0.1) is 19.3 Å². The summed E-state index contributed by atoms with van der Waals surface area (Å²) in [5.74, 6) is 3.80. The average molecular weight is 548 g/mol. The predicted octanol–water partition coefficient (Wildman–Crippen LogP) is 4.22. The Morgan fingerprint density at radius 2 is 1.84 bits per heavy atom. The third-order valence-corrected chi connectivity index (χ3v) is 5.22. The van der Waals surface area contributed by atoms with Crippen LogP contribution in [0.4, 0.5) is 5.69 Å². The fourth-order valence-corrected chi connectivity index (χ4v) is 3.27. The standard InChI is InChI=1S/C23H28N6O2.HI/c1-16(18-8-5-4-6-9-18)25-23(24-15-22-28-27-17(2)29(22)3)26-19-10-11-20-21(14-19)31-13-7-12-30-20;/h4-6,8-11,14,16H,7,12-13,15H2,1-3H3,(H2,24,25,26);1H. The summed E-state index contributed by atoms with van der Waals surface area (Å²) >= 11 is 0. The van der Waals surface area contributed by atoms with Crippen molar-refractivity contribution in [2.75, 3.05) is 18.5 Å². The van der Waals surface area contributed by atoms with Crippen molar-refractivity contribution in [2.45, 2.75) is 32.9 Å². The number of benzene rings is 2. The van der Waals surface area contributed by atoms with Gasteiger partial charge < -0.3 is 24.7 Å². The molecule has 1 aliphatic heterocycles. The molecule has 1 aliphatic rings. The largest absolute Gasteiger partial charge is 0.490 e. The maximum Gasteiger partial charge on any atom is 0.196 e. The van der Waals surface area contributed by atoms with Crippen LogP contribution in [0.5, 0.6) is 11.5 Å². The second-order valence-electron chi connectivity index (χ2n) is 7.50. The van der Waals surface area contributed by atoms with Crippen molar-refractivity contribution in [2.24, 2.45) is 12.0 Å². The van der Waals surface area contributed by atoms with Gasteiger partial charge in [0, 0.05) is 25.2 Å². The first-order chi connectivity index (χ1) is 15.1. The molecule has 0 saturated carbocycles. The molecule has 4 rings (SSSR count). The van der Waals surface area contributed by atoms with E-state index in [1.54, 1.807) is 0 Å². The molecule has 3 aromatic rings. The minimum absolute atomic E-state index is 0. The van der Waals surface area contributed by atoms with E-state index >= 15 is 0 Å². The molecule has 1 unspecified atom stereocenters. The lowest BCUT2D eigenvalue weighted by molar-refractivity contribution is 0.297. The van der Waals surface area contributed by atoms with E-state index in [-0.39, 0.29) is 30.0 Å². The molecule has 1 atom stereocenters. The van der Waals surface area contributed by atoms with Crippen molar-refractivity contribution in [1.82, 2.24) is 20.1 Å². The third-order valence-electron chi connectivity index (χ3n) is 5.22. The molecule has 0 fully saturated rings. The topological polar surface area (TPSA) is 85.6 Å². The second kappa shape index (κ2) is 11.2. The molecular weight excluding hydrogens is 519 g/mol. The van der Waals surface area contributed by atoms with Crippen LogP contribution in [0.15, 0.2) is 53.5 Å². The van der Waals surface area contributed by atoms with E-state index in [2.05, 4.69) is 39.9 Å². The van der Waals surface area contributed by atoms with E-state index in [4.69, 9.17) is 14.5 Å². The summed E-state index contributed by atoms with van der Waals surface area (Å²) in [7, 11) is 1.94. The average Bonchev–Trinajstić information content (AvgIpc) is 2.97. The number of ether oxygens (including phenoxy) is 2. The zero-order valence-electron chi connectivity index (χ0n) is 18.5. The van der Waals surface area contributed by atoms with Crippen molar-refractivity contribution in [3.8, 4) is 11.5 Å². The van der Waals surface area contributed by atoms with Crippen molar-refractivity contribution < 1.29 is 9.47 Å². The molecule has 0 bridgehead atoms. The second-order valence-corrected chi connectivity index (χ2v) is 7.50. The van der Waals surface area contributed by atoms with Crippen LogP contribution in [0.3, 0.4) is 0 Å². The maximum absolute atomic E-state index is 5.82. The van der Waals surface area contributed by atoms with Crippen molar-refractivity contribution >= 4 is 35.6 Å². The highest BCUT2D eigenvalue weighted by Gasteiger charge is 2.13. The van der Waals surface area contributed by atoms with Gasteiger partial charge in [0.15, 0.2) is 23.3 Å². The SMILES string of the molecule is Cc1nnc(CN=C(Nc2ccc3c(c2)OCCCO3)NC(C)c2ccccc2)n1C.I. The van der Waals surface area contributed by atoms with Crippen molar-refractivity contribution in [3.63, 3.8) is 0 Å². The number of hydrogen-bond donors (Lipinski definition) is 2. The molecule has 32 heavy (non-hydrogen) atoms. The number of aliphatic imine (C=N–C) groups is 1. The summed E-state index contributed by atoms with van der Waals surface area (Å²) in [4.78, 5) is 4.76. The Bertz CT molecular complexity index is 1050. The molecule has 2 N–H and O–H groups in total. The van der Waals surface area contributed by atoms with E-state index in [1.807, 2.05) is 54.9 Å². The van der Waals surface area contributed by atoms with Crippen LogP contribution in [0, 0.1) is 6.92 Å². The first-order valence-corrected chi connectivity index (χ1v) is 10.5. The van der Waals surface area contributed by atoms with Crippen LogP contribution < -0.4 is 20.1 Å². The quantitative estimate of drug-likeness (QED) is 0.282. The number of aromatic nitrogens is 3. The van der Waals surface area contributed by atoms with Gasteiger partial charge in [-0.05, 0) is 31.5 Å². The Kier molecular flexibility index (Phi) is 8.32. The molecule has 1 aromatic heterocycles. The van der Waals surface area contributed by atoms with E-state index < -0.39 is 0 Å². The molecule has 0 aliphatic carbocycles. The van der Waals surface area contributed by atoms with Crippen LogP contribution in [-0.4, -0.2) is 33.9 Å². The van der Waals surface area contributed by atoms with E-state index in [9.17, 15) is 0 Å². The molecule has 2 heterocycles. The Labute approximate surface area is 205 Å². The number of nitrogens with zero attached hydrogens (tertiary/aromatic N) is 4. The zero-order chi connectivity index (χ0) is 21.6. The Balaban J connectivity index is 0.00000289. The summed E-state index contributed by atoms with van der Waals surface area (Å²) in [5, 5.41) is 15.2. The first kappa shape index (κ1) is 23.8. The van der Waals surface area contributed by atoms with Gasteiger partial charge in [-0.2, -0.15) is 0 Å². The lowest BCUT2D eigenvalue weighted by atomic mass is 10.1. The Hall–Kier alpha value is -2.82. The number of rotatable bonds is 5. The molecule has 0 spiro atoms. The Morgan fingerprint density at radius 1 is 1.09 bits per heavy atom. The summed E-state index contributed by atoms with van der Waals surface area (Å²) in [6, 6.07) is 16.2. The van der Waals surface area contributed by atoms with E-state index in [0.29, 0.717) is 25.7 Å². The highest BCUT2D eigenvalue weighted by Crippen LogP contribution is 2.32. The molecule has 0 saturated heterocycles. The van der Waals surface area contributed by atoms with Crippen LogP contribution in [0.25, 0.3) is 0 Å². The highest BCUT2D eigenvalue weighted by atomic mass is 127. The molecule has 2 aromatic carbocycles. The normalized spacial score (nSPS) is 14.2. The zero-order valence-corrected chi connectivity index (χ0v) is 20.9. The van der Waals surface area contributed by atoms with Crippen LogP contribution in [0.1, 0.15) is 36.6 Å².